The lowest BCUT2D eigenvalue weighted by atomic mass is 10.3. The van der Waals surface area contributed by atoms with Crippen molar-refractivity contribution < 1.29 is 9.47 Å². The van der Waals surface area contributed by atoms with Gasteiger partial charge in [-0.1, -0.05) is 18.2 Å². The summed E-state index contributed by atoms with van der Waals surface area (Å²) in [5.41, 5.74) is 6.59. The lowest BCUT2D eigenvalue weighted by Crippen LogP contribution is -1.97. The molecule has 0 saturated carbocycles. The topological polar surface area (TPSA) is 57.4 Å². The smallest absolute Gasteiger partial charge is 0.219 e. The Morgan fingerprint density at radius 3 is 2.09 bits per heavy atom. The maximum Gasteiger partial charge on any atom is 0.219 e. The molecular weight excluding hydrogens is 276 g/mol. The molecule has 2 aromatic carbocycles. The molecule has 2 N–H and O–H groups in total. The Morgan fingerprint density at radius 1 is 0.773 bits per heavy atom. The number of ether oxygens (including phenoxy) is 2. The van der Waals surface area contributed by atoms with Crippen molar-refractivity contribution in [1.29, 1.82) is 0 Å². The summed E-state index contributed by atoms with van der Waals surface area (Å²) in [4.78, 5) is 4.16. The third-order valence-electron chi connectivity index (χ3n) is 3.06. The predicted molar refractivity (Wildman–Crippen MR) is 85.2 cm³/mol. The van der Waals surface area contributed by atoms with E-state index in [1.807, 2.05) is 66.7 Å². The van der Waals surface area contributed by atoms with Crippen LogP contribution in [0.1, 0.15) is 5.56 Å². The van der Waals surface area contributed by atoms with Crippen LogP contribution in [0.5, 0.6) is 23.1 Å². The zero-order chi connectivity index (χ0) is 15.2. The van der Waals surface area contributed by atoms with Crippen molar-refractivity contribution in [2.75, 3.05) is 0 Å². The highest BCUT2D eigenvalue weighted by Gasteiger charge is 2.01. The van der Waals surface area contributed by atoms with E-state index in [2.05, 4.69) is 4.98 Å². The van der Waals surface area contributed by atoms with E-state index in [-0.39, 0.29) is 0 Å². The summed E-state index contributed by atoms with van der Waals surface area (Å²) < 4.78 is 11.4. The molecule has 0 amide bonds. The van der Waals surface area contributed by atoms with E-state index in [1.165, 1.54) is 0 Å². The number of nitrogens with zero attached hydrogens (tertiary/aromatic N) is 1. The van der Waals surface area contributed by atoms with Crippen LogP contribution >= 0.6 is 0 Å². The second-order valence-corrected chi connectivity index (χ2v) is 4.70. The fourth-order valence-corrected chi connectivity index (χ4v) is 1.95. The molecule has 110 valence electrons. The Morgan fingerprint density at radius 2 is 1.41 bits per heavy atom. The zero-order valence-electron chi connectivity index (χ0n) is 12.0. The molecule has 0 bridgehead atoms. The molecule has 1 heterocycles. The third kappa shape index (κ3) is 3.62. The van der Waals surface area contributed by atoms with Crippen molar-refractivity contribution >= 4 is 0 Å². The summed E-state index contributed by atoms with van der Waals surface area (Å²) in [5, 5.41) is 0. The van der Waals surface area contributed by atoms with E-state index in [9.17, 15) is 0 Å². The van der Waals surface area contributed by atoms with Gasteiger partial charge in [0.05, 0.1) is 0 Å². The molecule has 0 spiro atoms. The molecule has 1 aromatic heterocycles. The van der Waals surface area contributed by atoms with Crippen LogP contribution < -0.4 is 15.2 Å². The lowest BCUT2D eigenvalue weighted by molar-refractivity contribution is 0.456. The average Bonchev–Trinajstić information content (AvgIpc) is 2.58. The van der Waals surface area contributed by atoms with E-state index in [0.29, 0.717) is 18.2 Å². The van der Waals surface area contributed by atoms with Gasteiger partial charge >= 0.3 is 0 Å². The van der Waals surface area contributed by atoms with Crippen LogP contribution in [0.25, 0.3) is 0 Å². The van der Waals surface area contributed by atoms with Gasteiger partial charge in [0.25, 0.3) is 0 Å². The Labute approximate surface area is 129 Å². The van der Waals surface area contributed by atoms with Gasteiger partial charge in [-0.25, -0.2) is 4.98 Å². The van der Waals surface area contributed by atoms with Gasteiger partial charge in [-0.15, -0.1) is 0 Å². The fraction of sp³-hybridized carbons (Fsp3) is 0.0556. The molecule has 4 nitrogen and oxygen atoms in total. The van der Waals surface area contributed by atoms with E-state index in [4.69, 9.17) is 15.2 Å². The predicted octanol–water partition coefficient (Wildman–Crippen LogP) is 4.12. The van der Waals surface area contributed by atoms with E-state index in [1.54, 1.807) is 6.20 Å². The molecule has 0 saturated heterocycles. The Balaban J connectivity index is 1.68. The zero-order valence-corrected chi connectivity index (χ0v) is 12.0. The van der Waals surface area contributed by atoms with Crippen LogP contribution in [0.4, 0.5) is 0 Å². The normalized spacial score (nSPS) is 10.2. The Kier molecular flexibility index (Phi) is 4.32. The third-order valence-corrected chi connectivity index (χ3v) is 3.06. The summed E-state index contributed by atoms with van der Waals surface area (Å²) in [6, 6.07) is 20.7. The number of hydrogen-bond donors (Lipinski definition) is 1. The summed E-state index contributed by atoms with van der Waals surface area (Å²) in [5.74, 6) is 2.78. The summed E-state index contributed by atoms with van der Waals surface area (Å²) >= 11 is 0. The summed E-state index contributed by atoms with van der Waals surface area (Å²) in [6.45, 7) is 0.461. The highest BCUT2D eigenvalue weighted by Crippen LogP contribution is 2.26. The molecule has 0 radical (unpaired) electrons. The molecule has 0 fully saturated rings. The van der Waals surface area contributed by atoms with Crippen LogP contribution in [-0.4, -0.2) is 4.98 Å². The number of nitrogens with two attached hydrogens (primary N) is 1. The van der Waals surface area contributed by atoms with Gasteiger partial charge in [-0.2, -0.15) is 0 Å². The highest BCUT2D eigenvalue weighted by atomic mass is 16.5. The first-order valence-electron chi connectivity index (χ1n) is 6.99. The van der Waals surface area contributed by atoms with Crippen LogP contribution in [0.2, 0.25) is 0 Å². The van der Waals surface area contributed by atoms with Gasteiger partial charge in [-0.3, -0.25) is 0 Å². The highest BCUT2D eigenvalue weighted by molar-refractivity contribution is 5.37. The molecule has 22 heavy (non-hydrogen) atoms. The number of pyridine rings is 1. The first kappa shape index (κ1) is 14.1. The quantitative estimate of drug-likeness (QED) is 0.768. The maximum atomic E-state index is 5.73. The van der Waals surface area contributed by atoms with Crippen LogP contribution in [-0.2, 0) is 6.54 Å². The van der Waals surface area contributed by atoms with Crippen LogP contribution in [0.15, 0.2) is 72.9 Å². The molecule has 0 aliphatic rings. The van der Waals surface area contributed by atoms with E-state index in [0.717, 1.165) is 17.1 Å². The number of para-hydroxylation sites is 1. The molecule has 0 unspecified atom stereocenters. The van der Waals surface area contributed by atoms with Gasteiger partial charge < -0.3 is 15.2 Å². The second kappa shape index (κ2) is 6.74. The van der Waals surface area contributed by atoms with Gasteiger partial charge in [0.1, 0.15) is 17.2 Å². The Hall–Kier alpha value is -2.85. The van der Waals surface area contributed by atoms with Crippen molar-refractivity contribution in [3.8, 4) is 23.1 Å². The molecule has 0 atom stereocenters. The largest absolute Gasteiger partial charge is 0.457 e. The van der Waals surface area contributed by atoms with Crippen molar-refractivity contribution in [2.24, 2.45) is 5.73 Å². The number of hydrogen-bond acceptors (Lipinski definition) is 4. The summed E-state index contributed by atoms with van der Waals surface area (Å²) in [6.07, 6.45) is 1.68. The first-order chi connectivity index (χ1) is 10.8. The molecule has 4 heteroatoms. The average molecular weight is 292 g/mol. The van der Waals surface area contributed by atoms with E-state index >= 15 is 0 Å². The van der Waals surface area contributed by atoms with Crippen LogP contribution in [0.3, 0.4) is 0 Å². The molecule has 0 aliphatic heterocycles. The Bertz CT molecular complexity index is 728. The standard InChI is InChI=1S/C18H16N2O2/c19-13-14-10-11-20-18(12-14)22-17-8-6-16(7-9-17)21-15-4-2-1-3-5-15/h1-12H,13,19H2. The molecular formula is C18H16N2O2. The minimum atomic E-state index is 0.461. The second-order valence-electron chi connectivity index (χ2n) is 4.70. The number of aromatic nitrogens is 1. The number of benzene rings is 2. The van der Waals surface area contributed by atoms with Crippen molar-refractivity contribution in [3.05, 3.63) is 78.5 Å². The van der Waals surface area contributed by atoms with Crippen molar-refractivity contribution in [2.45, 2.75) is 6.54 Å². The molecule has 0 aliphatic carbocycles. The van der Waals surface area contributed by atoms with E-state index < -0.39 is 0 Å². The monoisotopic (exact) mass is 292 g/mol. The first-order valence-corrected chi connectivity index (χ1v) is 6.99. The maximum absolute atomic E-state index is 5.73. The van der Waals surface area contributed by atoms with Crippen LogP contribution in [0, 0.1) is 0 Å². The minimum Gasteiger partial charge on any atom is -0.457 e. The number of rotatable bonds is 5. The van der Waals surface area contributed by atoms with Gasteiger partial charge in [-0.05, 0) is 48.0 Å². The minimum absolute atomic E-state index is 0.461. The van der Waals surface area contributed by atoms with Crippen molar-refractivity contribution in [3.63, 3.8) is 0 Å². The van der Waals surface area contributed by atoms with Gasteiger partial charge in [0, 0.05) is 18.8 Å². The summed E-state index contributed by atoms with van der Waals surface area (Å²) in [7, 11) is 0. The van der Waals surface area contributed by atoms with Gasteiger partial charge in [0.15, 0.2) is 0 Å². The van der Waals surface area contributed by atoms with Crippen molar-refractivity contribution in [1.82, 2.24) is 4.98 Å². The molecule has 3 aromatic rings. The SMILES string of the molecule is NCc1ccnc(Oc2ccc(Oc3ccccc3)cc2)c1. The molecule has 3 rings (SSSR count). The fourth-order valence-electron chi connectivity index (χ4n) is 1.95. The lowest BCUT2D eigenvalue weighted by Gasteiger charge is -2.08. The van der Waals surface area contributed by atoms with Gasteiger partial charge in [0.2, 0.25) is 5.88 Å².